The molecule has 0 spiro atoms. The van der Waals surface area contributed by atoms with E-state index >= 15 is 0 Å². The van der Waals surface area contributed by atoms with Gasteiger partial charge in [-0.15, -0.1) is 0 Å². The van der Waals surface area contributed by atoms with Gasteiger partial charge < -0.3 is 10.6 Å². The van der Waals surface area contributed by atoms with Gasteiger partial charge in [0.25, 0.3) is 0 Å². The second-order valence-electron chi connectivity index (χ2n) is 5.40. The molecule has 0 radical (unpaired) electrons. The molecule has 1 amide bonds. The molecule has 3 rings (SSSR count). The predicted octanol–water partition coefficient (Wildman–Crippen LogP) is 1.26. The molecule has 1 saturated heterocycles. The van der Waals surface area contributed by atoms with E-state index in [4.69, 9.17) is 0 Å². The first-order valence-electron chi connectivity index (χ1n) is 7.21. The van der Waals surface area contributed by atoms with E-state index in [-0.39, 0.29) is 5.91 Å². The molecule has 0 aliphatic carbocycles. The van der Waals surface area contributed by atoms with Gasteiger partial charge >= 0.3 is 0 Å². The molecule has 21 heavy (non-hydrogen) atoms. The fourth-order valence-electron chi connectivity index (χ4n) is 2.61. The molecule has 2 N–H and O–H groups in total. The third-order valence-corrected chi connectivity index (χ3v) is 3.66. The Balaban J connectivity index is 1.58. The minimum Gasteiger partial charge on any atom is -0.326 e. The molecule has 1 unspecified atom stereocenters. The summed E-state index contributed by atoms with van der Waals surface area (Å²) in [5.41, 5.74) is 1.92. The molecular formula is C15H19N5O. The van der Waals surface area contributed by atoms with Gasteiger partial charge in [0.2, 0.25) is 5.91 Å². The molecule has 2 heterocycles. The summed E-state index contributed by atoms with van der Waals surface area (Å²) in [6.07, 6.45) is 4.86. The lowest BCUT2D eigenvalue weighted by Crippen LogP contribution is -2.18. The maximum absolute atomic E-state index is 12.0. The first-order chi connectivity index (χ1) is 10.3. The van der Waals surface area contributed by atoms with Crippen LogP contribution >= 0.6 is 0 Å². The van der Waals surface area contributed by atoms with Crippen molar-refractivity contribution < 1.29 is 4.79 Å². The average Bonchev–Trinajstić information content (AvgIpc) is 3.12. The molecule has 6 nitrogen and oxygen atoms in total. The summed E-state index contributed by atoms with van der Waals surface area (Å²) in [5, 5.41) is 10.3. The van der Waals surface area contributed by atoms with E-state index in [0.29, 0.717) is 18.9 Å². The molecular weight excluding hydrogens is 266 g/mol. The molecule has 6 heteroatoms. The molecule has 2 aromatic rings. The Hall–Kier alpha value is -2.21. The van der Waals surface area contributed by atoms with Crippen molar-refractivity contribution >= 4 is 11.6 Å². The predicted molar refractivity (Wildman–Crippen MR) is 79.8 cm³/mol. The zero-order chi connectivity index (χ0) is 14.5. The fourth-order valence-corrected chi connectivity index (χ4v) is 2.61. The largest absolute Gasteiger partial charge is 0.326 e. The molecule has 1 aromatic heterocycles. The number of nitrogens with one attached hydrogen (secondary N) is 2. The van der Waals surface area contributed by atoms with Crippen molar-refractivity contribution in [2.45, 2.75) is 19.4 Å². The van der Waals surface area contributed by atoms with Crippen LogP contribution in [0.3, 0.4) is 0 Å². The summed E-state index contributed by atoms with van der Waals surface area (Å²) in [6, 6.07) is 7.85. The molecule has 0 bridgehead atoms. The number of amides is 1. The summed E-state index contributed by atoms with van der Waals surface area (Å²) in [6.45, 7) is 2.61. The molecule has 0 saturated carbocycles. The smallest absolute Gasteiger partial charge is 0.224 e. The number of aromatic nitrogens is 3. The minimum absolute atomic E-state index is 0.0848. The fraction of sp³-hybridized carbons (Fsp3) is 0.400. The van der Waals surface area contributed by atoms with E-state index in [1.165, 1.54) is 6.33 Å². The van der Waals surface area contributed by atoms with Gasteiger partial charge in [-0.25, -0.2) is 9.67 Å². The van der Waals surface area contributed by atoms with Crippen LogP contribution in [0.1, 0.15) is 18.4 Å². The number of carbonyl (C=O) groups is 1. The van der Waals surface area contributed by atoms with E-state index in [9.17, 15) is 4.79 Å². The van der Waals surface area contributed by atoms with Crippen LogP contribution in [0.25, 0.3) is 0 Å². The van der Waals surface area contributed by atoms with Crippen molar-refractivity contribution in [2.24, 2.45) is 5.92 Å². The summed E-state index contributed by atoms with van der Waals surface area (Å²) in [4.78, 5) is 16.0. The highest BCUT2D eigenvalue weighted by atomic mass is 16.1. The maximum Gasteiger partial charge on any atom is 0.224 e. The molecule has 1 aliphatic heterocycles. The van der Waals surface area contributed by atoms with Crippen molar-refractivity contribution in [1.82, 2.24) is 20.1 Å². The molecule has 110 valence electrons. The molecule has 1 aliphatic rings. The van der Waals surface area contributed by atoms with Gasteiger partial charge in [-0.2, -0.15) is 5.10 Å². The first-order valence-corrected chi connectivity index (χ1v) is 7.21. The summed E-state index contributed by atoms with van der Waals surface area (Å²) < 4.78 is 1.76. The van der Waals surface area contributed by atoms with Crippen LogP contribution in [0.15, 0.2) is 36.9 Å². The van der Waals surface area contributed by atoms with Crippen molar-refractivity contribution in [3.63, 3.8) is 0 Å². The minimum atomic E-state index is 0.0848. The second kappa shape index (κ2) is 6.49. The van der Waals surface area contributed by atoms with Crippen LogP contribution in [0.4, 0.5) is 5.69 Å². The standard InChI is InChI=1S/C15H19N5O/c21-15(7-12-4-5-16-8-12)19-14-3-1-2-13(6-14)9-20-11-17-10-18-20/h1-3,6,10-12,16H,4-5,7-9H2,(H,19,21). The Kier molecular flexibility index (Phi) is 4.25. The van der Waals surface area contributed by atoms with Crippen LogP contribution in [-0.4, -0.2) is 33.8 Å². The van der Waals surface area contributed by atoms with Gasteiger partial charge in [0.1, 0.15) is 12.7 Å². The van der Waals surface area contributed by atoms with Crippen LogP contribution in [-0.2, 0) is 11.3 Å². The van der Waals surface area contributed by atoms with Gasteiger partial charge in [-0.05, 0) is 43.1 Å². The van der Waals surface area contributed by atoms with Gasteiger partial charge in [-0.1, -0.05) is 12.1 Å². The Morgan fingerprint density at radius 2 is 2.43 bits per heavy atom. The Morgan fingerprint density at radius 1 is 1.48 bits per heavy atom. The number of rotatable bonds is 5. The van der Waals surface area contributed by atoms with Gasteiger partial charge in [0, 0.05) is 12.1 Å². The highest BCUT2D eigenvalue weighted by molar-refractivity contribution is 5.90. The van der Waals surface area contributed by atoms with Crippen LogP contribution < -0.4 is 10.6 Å². The monoisotopic (exact) mass is 285 g/mol. The van der Waals surface area contributed by atoms with E-state index in [2.05, 4.69) is 20.7 Å². The van der Waals surface area contributed by atoms with Crippen LogP contribution in [0, 0.1) is 5.92 Å². The maximum atomic E-state index is 12.0. The van der Waals surface area contributed by atoms with E-state index in [0.717, 1.165) is 30.8 Å². The van der Waals surface area contributed by atoms with Gasteiger partial charge in [0.15, 0.2) is 0 Å². The van der Waals surface area contributed by atoms with Crippen LogP contribution in [0.2, 0.25) is 0 Å². The van der Waals surface area contributed by atoms with Gasteiger partial charge in [0.05, 0.1) is 6.54 Å². The number of benzene rings is 1. The molecule has 1 atom stereocenters. The summed E-state index contributed by atoms with van der Waals surface area (Å²) in [5.74, 6) is 0.546. The van der Waals surface area contributed by atoms with Gasteiger partial charge in [-0.3, -0.25) is 4.79 Å². The Morgan fingerprint density at radius 3 is 3.19 bits per heavy atom. The number of hydrogen-bond donors (Lipinski definition) is 2. The highest BCUT2D eigenvalue weighted by Gasteiger charge is 2.17. The number of nitrogens with zero attached hydrogens (tertiary/aromatic N) is 3. The lowest BCUT2D eigenvalue weighted by Gasteiger charge is -2.10. The van der Waals surface area contributed by atoms with E-state index < -0.39 is 0 Å². The van der Waals surface area contributed by atoms with E-state index in [1.807, 2.05) is 24.3 Å². The first kappa shape index (κ1) is 13.8. The quantitative estimate of drug-likeness (QED) is 0.867. The normalized spacial score (nSPS) is 17.8. The molecule has 1 aromatic carbocycles. The van der Waals surface area contributed by atoms with E-state index in [1.54, 1.807) is 11.0 Å². The van der Waals surface area contributed by atoms with Crippen molar-refractivity contribution in [3.8, 4) is 0 Å². The number of carbonyl (C=O) groups excluding carboxylic acids is 1. The highest BCUT2D eigenvalue weighted by Crippen LogP contribution is 2.15. The Labute approximate surface area is 123 Å². The third kappa shape index (κ3) is 3.88. The van der Waals surface area contributed by atoms with Crippen molar-refractivity contribution in [2.75, 3.05) is 18.4 Å². The topological polar surface area (TPSA) is 71.8 Å². The SMILES string of the molecule is O=C(CC1CCNC1)Nc1cccc(Cn2cncn2)c1. The van der Waals surface area contributed by atoms with Crippen molar-refractivity contribution in [3.05, 3.63) is 42.5 Å². The third-order valence-electron chi connectivity index (χ3n) is 3.66. The Bertz CT molecular complexity index is 590. The zero-order valence-electron chi connectivity index (χ0n) is 11.8. The van der Waals surface area contributed by atoms with Crippen molar-refractivity contribution in [1.29, 1.82) is 0 Å². The summed E-state index contributed by atoms with van der Waals surface area (Å²) >= 11 is 0. The lowest BCUT2D eigenvalue weighted by molar-refractivity contribution is -0.116. The second-order valence-corrected chi connectivity index (χ2v) is 5.40. The number of anilines is 1. The lowest BCUT2D eigenvalue weighted by atomic mass is 10.0. The zero-order valence-corrected chi connectivity index (χ0v) is 11.8. The van der Waals surface area contributed by atoms with Crippen LogP contribution in [0.5, 0.6) is 0 Å². The number of hydrogen-bond acceptors (Lipinski definition) is 4. The molecule has 1 fully saturated rings. The average molecular weight is 285 g/mol. The summed E-state index contributed by atoms with van der Waals surface area (Å²) in [7, 11) is 0.